The SMILES string of the molecule is CCOC(CCNC(=NC)Nc1ccc2c(c1)OCCCO2)C(C)C. The minimum Gasteiger partial charge on any atom is -0.490 e. The molecule has 0 aromatic heterocycles. The molecular formula is C19H31N3O3. The van der Waals surface area contributed by atoms with Gasteiger partial charge < -0.3 is 24.8 Å². The third-order valence-electron chi connectivity index (χ3n) is 4.08. The molecule has 1 aromatic rings. The van der Waals surface area contributed by atoms with Crippen molar-refractivity contribution in [3.05, 3.63) is 18.2 Å². The average molecular weight is 349 g/mol. The van der Waals surface area contributed by atoms with Crippen LogP contribution in [0.5, 0.6) is 11.5 Å². The van der Waals surface area contributed by atoms with Gasteiger partial charge in [0.05, 0.1) is 19.3 Å². The molecule has 0 amide bonds. The van der Waals surface area contributed by atoms with Gasteiger partial charge in [-0.15, -0.1) is 0 Å². The Balaban J connectivity index is 1.88. The Morgan fingerprint density at radius 3 is 2.68 bits per heavy atom. The van der Waals surface area contributed by atoms with Crippen LogP contribution in [0.4, 0.5) is 5.69 Å². The second kappa shape index (κ2) is 10.1. The first-order valence-electron chi connectivity index (χ1n) is 9.13. The number of nitrogens with zero attached hydrogens (tertiary/aromatic N) is 1. The number of fused-ring (bicyclic) bond motifs is 1. The zero-order chi connectivity index (χ0) is 18.1. The third-order valence-corrected chi connectivity index (χ3v) is 4.08. The van der Waals surface area contributed by atoms with Crippen LogP contribution in [0, 0.1) is 5.92 Å². The van der Waals surface area contributed by atoms with Gasteiger partial charge in [-0.3, -0.25) is 4.99 Å². The van der Waals surface area contributed by atoms with E-state index in [0.29, 0.717) is 19.1 Å². The van der Waals surface area contributed by atoms with E-state index in [1.165, 1.54) is 0 Å². The molecule has 0 radical (unpaired) electrons. The number of rotatable bonds is 7. The van der Waals surface area contributed by atoms with Gasteiger partial charge in [-0.05, 0) is 31.4 Å². The van der Waals surface area contributed by atoms with E-state index in [4.69, 9.17) is 14.2 Å². The molecule has 1 atom stereocenters. The average Bonchev–Trinajstić information content (AvgIpc) is 2.84. The molecule has 0 fully saturated rings. The van der Waals surface area contributed by atoms with Crippen molar-refractivity contribution in [1.29, 1.82) is 0 Å². The van der Waals surface area contributed by atoms with Crippen LogP contribution in [-0.2, 0) is 4.74 Å². The van der Waals surface area contributed by atoms with Crippen molar-refractivity contribution < 1.29 is 14.2 Å². The van der Waals surface area contributed by atoms with Crippen molar-refractivity contribution in [3.63, 3.8) is 0 Å². The molecule has 1 aliphatic heterocycles. The number of hydrogen-bond donors (Lipinski definition) is 2. The molecule has 2 N–H and O–H groups in total. The van der Waals surface area contributed by atoms with Crippen LogP contribution < -0.4 is 20.1 Å². The molecule has 140 valence electrons. The number of guanidine groups is 1. The van der Waals surface area contributed by atoms with E-state index < -0.39 is 0 Å². The molecule has 2 rings (SSSR count). The Kier molecular flexibility index (Phi) is 7.85. The highest BCUT2D eigenvalue weighted by atomic mass is 16.5. The molecule has 1 heterocycles. The Hall–Kier alpha value is -1.95. The maximum atomic E-state index is 5.78. The maximum Gasteiger partial charge on any atom is 0.195 e. The van der Waals surface area contributed by atoms with Crippen LogP contribution in [0.2, 0.25) is 0 Å². The summed E-state index contributed by atoms with van der Waals surface area (Å²) in [7, 11) is 1.76. The summed E-state index contributed by atoms with van der Waals surface area (Å²) >= 11 is 0. The van der Waals surface area contributed by atoms with Crippen molar-refractivity contribution >= 4 is 11.6 Å². The zero-order valence-corrected chi connectivity index (χ0v) is 15.8. The van der Waals surface area contributed by atoms with Gasteiger partial charge in [-0.1, -0.05) is 13.8 Å². The van der Waals surface area contributed by atoms with E-state index in [2.05, 4.69) is 29.5 Å². The summed E-state index contributed by atoms with van der Waals surface area (Å²) in [6.45, 7) is 9.32. The van der Waals surface area contributed by atoms with E-state index in [1.54, 1.807) is 7.05 Å². The second-order valence-corrected chi connectivity index (χ2v) is 6.36. The summed E-state index contributed by atoms with van der Waals surface area (Å²) in [5.41, 5.74) is 0.919. The van der Waals surface area contributed by atoms with Crippen LogP contribution >= 0.6 is 0 Å². The van der Waals surface area contributed by atoms with Crippen LogP contribution in [0.1, 0.15) is 33.6 Å². The van der Waals surface area contributed by atoms with Crippen molar-refractivity contribution in [2.24, 2.45) is 10.9 Å². The predicted molar refractivity (Wildman–Crippen MR) is 102 cm³/mol. The molecule has 1 aliphatic rings. The van der Waals surface area contributed by atoms with Crippen LogP contribution in [0.25, 0.3) is 0 Å². The van der Waals surface area contributed by atoms with Crippen molar-refractivity contribution in [2.75, 3.05) is 38.7 Å². The first kappa shape index (κ1) is 19.4. The summed E-state index contributed by atoms with van der Waals surface area (Å²) in [4.78, 5) is 4.28. The standard InChI is InChI=1S/C19H31N3O3/c1-5-23-16(14(2)3)9-10-21-19(20-4)22-15-7-8-17-18(13-15)25-12-6-11-24-17/h7-8,13-14,16H,5-6,9-12H2,1-4H3,(H2,20,21,22). The van der Waals surface area contributed by atoms with Gasteiger partial charge in [0.25, 0.3) is 0 Å². The van der Waals surface area contributed by atoms with E-state index in [0.717, 1.165) is 49.1 Å². The lowest BCUT2D eigenvalue weighted by atomic mass is 10.0. The maximum absolute atomic E-state index is 5.78. The Labute approximate surface area is 151 Å². The van der Waals surface area contributed by atoms with Crippen molar-refractivity contribution in [1.82, 2.24) is 5.32 Å². The summed E-state index contributed by atoms with van der Waals surface area (Å²) in [5, 5.41) is 6.64. The topological polar surface area (TPSA) is 64.1 Å². The number of hydrogen-bond acceptors (Lipinski definition) is 4. The number of aliphatic imine (C=N–C) groups is 1. The fourth-order valence-electron chi connectivity index (χ4n) is 2.71. The molecule has 25 heavy (non-hydrogen) atoms. The number of anilines is 1. The lowest BCUT2D eigenvalue weighted by Crippen LogP contribution is -2.34. The summed E-state index contributed by atoms with van der Waals surface area (Å²) < 4.78 is 17.2. The smallest absolute Gasteiger partial charge is 0.195 e. The number of ether oxygens (including phenoxy) is 3. The fourth-order valence-corrected chi connectivity index (χ4v) is 2.71. The zero-order valence-electron chi connectivity index (χ0n) is 15.8. The second-order valence-electron chi connectivity index (χ2n) is 6.36. The van der Waals surface area contributed by atoms with E-state index in [-0.39, 0.29) is 6.10 Å². The minimum atomic E-state index is 0.258. The van der Waals surface area contributed by atoms with Gasteiger partial charge in [0.2, 0.25) is 0 Å². The molecule has 6 nitrogen and oxygen atoms in total. The van der Waals surface area contributed by atoms with Gasteiger partial charge in [0.15, 0.2) is 17.5 Å². The largest absolute Gasteiger partial charge is 0.490 e. The number of benzene rings is 1. The molecule has 1 unspecified atom stereocenters. The molecule has 0 bridgehead atoms. The van der Waals surface area contributed by atoms with Gasteiger partial charge in [0, 0.05) is 38.4 Å². The molecular weight excluding hydrogens is 318 g/mol. The first-order chi connectivity index (χ1) is 12.1. The normalized spacial score (nSPS) is 15.6. The Morgan fingerprint density at radius 1 is 1.24 bits per heavy atom. The van der Waals surface area contributed by atoms with Gasteiger partial charge in [-0.25, -0.2) is 0 Å². The van der Waals surface area contributed by atoms with Crippen LogP contribution in [0.15, 0.2) is 23.2 Å². The van der Waals surface area contributed by atoms with E-state index >= 15 is 0 Å². The highest BCUT2D eigenvalue weighted by Gasteiger charge is 2.14. The lowest BCUT2D eigenvalue weighted by molar-refractivity contribution is 0.0258. The summed E-state index contributed by atoms with van der Waals surface area (Å²) in [6, 6.07) is 5.85. The predicted octanol–water partition coefficient (Wildman–Crippen LogP) is 3.29. The quantitative estimate of drug-likeness (QED) is 0.584. The van der Waals surface area contributed by atoms with E-state index in [1.807, 2.05) is 25.1 Å². The Morgan fingerprint density at radius 2 is 2.00 bits per heavy atom. The highest BCUT2D eigenvalue weighted by molar-refractivity contribution is 5.93. The Bertz CT molecular complexity index is 561. The van der Waals surface area contributed by atoms with Crippen LogP contribution in [-0.4, -0.2) is 45.5 Å². The van der Waals surface area contributed by atoms with Gasteiger partial charge >= 0.3 is 0 Å². The van der Waals surface area contributed by atoms with Crippen molar-refractivity contribution in [3.8, 4) is 11.5 Å². The molecule has 1 aromatic carbocycles. The summed E-state index contributed by atoms with van der Waals surface area (Å²) in [5.74, 6) is 2.80. The van der Waals surface area contributed by atoms with Gasteiger partial charge in [0.1, 0.15) is 0 Å². The van der Waals surface area contributed by atoms with Crippen LogP contribution in [0.3, 0.4) is 0 Å². The highest BCUT2D eigenvalue weighted by Crippen LogP contribution is 2.32. The monoisotopic (exact) mass is 349 g/mol. The third kappa shape index (κ3) is 6.12. The first-order valence-corrected chi connectivity index (χ1v) is 9.13. The molecule has 0 saturated heterocycles. The lowest BCUT2D eigenvalue weighted by Gasteiger charge is -2.21. The minimum absolute atomic E-state index is 0.258. The summed E-state index contributed by atoms with van der Waals surface area (Å²) in [6.07, 6.45) is 2.10. The van der Waals surface area contributed by atoms with Gasteiger partial charge in [-0.2, -0.15) is 0 Å². The fraction of sp³-hybridized carbons (Fsp3) is 0.632. The molecule has 0 saturated carbocycles. The molecule has 0 aliphatic carbocycles. The molecule has 0 spiro atoms. The van der Waals surface area contributed by atoms with E-state index in [9.17, 15) is 0 Å². The number of nitrogens with one attached hydrogen (secondary N) is 2. The van der Waals surface area contributed by atoms with Crippen molar-refractivity contribution in [2.45, 2.75) is 39.7 Å². The molecule has 6 heteroatoms.